The Morgan fingerprint density at radius 3 is 3.10 bits per heavy atom. The second-order valence-electron chi connectivity index (χ2n) is 5.86. The Labute approximate surface area is 133 Å². The normalized spacial score (nSPS) is 39.8. The van der Waals surface area contributed by atoms with Crippen LogP contribution in [0.3, 0.4) is 0 Å². The molecule has 21 heavy (non-hydrogen) atoms. The molecule has 0 aromatic rings. The van der Waals surface area contributed by atoms with Gasteiger partial charge in [-0.2, -0.15) is 12.6 Å². The molecule has 7 heteroatoms. The molecule has 0 aromatic heterocycles. The predicted molar refractivity (Wildman–Crippen MR) is 85.7 cm³/mol. The van der Waals surface area contributed by atoms with Gasteiger partial charge in [-0.1, -0.05) is 6.08 Å². The Morgan fingerprint density at radius 2 is 2.48 bits per heavy atom. The first-order valence-electron chi connectivity index (χ1n) is 7.12. The van der Waals surface area contributed by atoms with E-state index in [2.05, 4.69) is 23.7 Å². The molecule has 0 spiro atoms. The van der Waals surface area contributed by atoms with E-state index in [-0.39, 0.29) is 17.9 Å². The summed E-state index contributed by atoms with van der Waals surface area (Å²) in [5, 5.41) is 2.03. The lowest BCUT2D eigenvalue weighted by molar-refractivity contribution is -0.133. The first kappa shape index (κ1) is 15.2. The molecule has 3 rings (SSSR count). The number of thioether (sulfide) groups is 1. The number of amides is 1. The molecule has 0 bridgehead atoms. The average Bonchev–Trinajstić information content (AvgIpc) is 3.18. The van der Waals surface area contributed by atoms with E-state index in [1.54, 1.807) is 16.7 Å². The van der Waals surface area contributed by atoms with Crippen LogP contribution in [-0.4, -0.2) is 59.1 Å². The highest BCUT2D eigenvalue weighted by molar-refractivity contribution is 8.02. The first-order chi connectivity index (χ1) is 10.0. The summed E-state index contributed by atoms with van der Waals surface area (Å²) in [6.07, 6.45) is 2.74. The Morgan fingerprint density at radius 1 is 1.67 bits per heavy atom. The second-order valence-corrected chi connectivity index (χ2v) is 7.68. The molecule has 1 fully saturated rings. The molecule has 3 heterocycles. The smallest absolute Gasteiger partial charge is 0.251 e. The van der Waals surface area contributed by atoms with Gasteiger partial charge in [0, 0.05) is 24.8 Å². The Kier molecular flexibility index (Phi) is 4.23. The number of halogens is 1. The molecule has 4 nitrogen and oxygen atoms in total. The number of carbonyl (C=O) groups excluding carboxylic acids is 1. The van der Waals surface area contributed by atoms with Gasteiger partial charge in [0.25, 0.3) is 5.91 Å². The van der Waals surface area contributed by atoms with Crippen molar-refractivity contribution in [2.75, 3.05) is 18.8 Å². The van der Waals surface area contributed by atoms with Crippen LogP contribution in [0.4, 0.5) is 4.39 Å². The van der Waals surface area contributed by atoms with Gasteiger partial charge in [-0.25, -0.2) is 9.38 Å². The molecule has 2 unspecified atom stereocenters. The molecule has 5 atom stereocenters. The zero-order chi connectivity index (χ0) is 15.0. The van der Waals surface area contributed by atoms with Crippen LogP contribution in [0.15, 0.2) is 16.5 Å². The van der Waals surface area contributed by atoms with Gasteiger partial charge in [-0.15, -0.1) is 11.8 Å². The van der Waals surface area contributed by atoms with Gasteiger partial charge < -0.3 is 9.64 Å². The molecule has 3 aliphatic heterocycles. The number of rotatable bonds is 3. The van der Waals surface area contributed by atoms with Crippen molar-refractivity contribution in [2.45, 2.75) is 36.4 Å². The van der Waals surface area contributed by atoms with Crippen LogP contribution in [-0.2, 0) is 9.53 Å². The molecular weight excluding hydrogens is 311 g/mol. The van der Waals surface area contributed by atoms with Crippen molar-refractivity contribution in [2.24, 2.45) is 10.9 Å². The molecule has 0 saturated carbocycles. The number of thiol groups is 1. The van der Waals surface area contributed by atoms with Gasteiger partial charge in [-0.05, 0) is 18.8 Å². The third-order valence-electron chi connectivity index (χ3n) is 4.47. The lowest BCUT2D eigenvalue weighted by Crippen LogP contribution is -2.46. The maximum absolute atomic E-state index is 13.6. The average molecular weight is 330 g/mol. The Hall–Kier alpha value is -0.690. The van der Waals surface area contributed by atoms with Gasteiger partial charge in [0.1, 0.15) is 12.3 Å². The van der Waals surface area contributed by atoms with E-state index in [1.165, 1.54) is 13.3 Å². The quantitative estimate of drug-likeness (QED) is 0.804. The van der Waals surface area contributed by atoms with Crippen LogP contribution in [0, 0.1) is 5.92 Å². The number of nitrogens with zero attached hydrogens (tertiary/aromatic N) is 2. The van der Waals surface area contributed by atoms with Crippen molar-refractivity contribution in [1.29, 1.82) is 0 Å². The van der Waals surface area contributed by atoms with Crippen LogP contribution >= 0.6 is 24.4 Å². The standard InChI is InChI=1S/C14H19FN2O2S2/c1-9(15)14(20)3-4-17(7-14)13(18)11-12(19-8-16-11)10-2-5-21-6-10/h2,5,8-12,20H,3-4,6-7H2,1H3/t9-,10?,11-,12+,14?/m1/s1. The van der Waals surface area contributed by atoms with Gasteiger partial charge in [0.05, 0.1) is 4.75 Å². The maximum atomic E-state index is 13.6. The van der Waals surface area contributed by atoms with E-state index in [4.69, 9.17) is 4.74 Å². The largest absolute Gasteiger partial charge is 0.477 e. The minimum Gasteiger partial charge on any atom is -0.477 e. The summed E-state index contributed by atoms with van der Waals surface area (Å²) in [6, 6.07) is -0.510. The molecule has 0 aromatic carbocycles. The summed E-state index contributed by atoms with van der Waals surface area (Å²) in [6.45, 7) is 2.37. The monoisotopic (exact) mass is 330 g/mol. The number of hydrogen-bond donors (Lipinski definition) is 1. The topological polar surface area (TPSA) is 41.9 Å². The van der Waals surface area contributed by atoms with Crippen molar-refractivity contribution in [3.05, 3.63) is 11.5 Å². The number of aliphatic imine (C=N–C) groups is 1. The minimum atomic E-state index is -1.05. The van der Waals surface area contributed by atoms with E-state index >= 15 is 0 Å². The van der Waals surface area contributed by atoms with Crippen molar-refractivity contribution < 1.29 is 13.9 Å². The summed E-state index contributed by atoms with van der Waals surface area (Å²) in [5.41, 5.74) is 0. The van der Waals surface area contributed by atoms with E-state index in [0.29, 0.717) is 19.5 Å². The fourth-order valence-corrected chi connectivity index (χ4v) is 4.19. The van der Waals surface area contributed by atoms with Crippen LogP contribution in [0.25, 0.3) is 0 Å². The van der Waals surface area contributed by atoms with Gasteiger partial charge in [0.15, 0.2) is 12.4 Å². The summed E-state index contributed by atoms with van der Waals surface area (Å²) in [7, 11) is 0. The van der Waals surface area contributed by atoms with E-state index in [9.17, 15) is 9.18 Å². The highest BCUT2D eigenvalue weighted by Gasteiger charge is 2.46. The van der Waals surface area contributed by atoms with Gasteiger partial charge >= 0.3 is 0 Å². The fraction of sp³-hybridized carbons (Fsp3) is 0.714. The van der Waals surface area contributed by atoms with Crippen molar-refractivity contribution >= 4 is 36.7 Å². The minimum absolute atomic E-state index is 0.0735. The van der Waals surface area contributed by atoms with Gasteiger partial charge in [0.2, 0.25) is 0 Å². The highest BCUT2D eigenvalue weighted by atomic mass is 32.2. The summed E-state index contributed by atoms with van der Waals surface area (Å²) < 4.78 is 18.4. The van der Waals surface area contributed by atoms with Crippen LogP contribution in [0.5, 0.6) is 0 Å². The van der Waals surface area contributed by atoms with E-state index in [0.717, 1.165) is 5.75 Å². The third kappa shape index (κ3) is 2.82. The van der Waals surface area contributed by atoms with Crippen molar-refractivity contribution in [3.8, 4) is 0 Å². The second kappa shape index (κ2) is 5.83. The van der Waals surface area contributed by atoms with Crippen molar-refractivity contribution in [3.63, 3.8) is 0 Å². The number of hydrogen-bond acceptors (Lipinski definition) is 5. The summed E-state index contributed by atoms with van der Waals surface area (Å²) >= 11 is 6.15. The zero-order valence-corrected chi connectivity index (χ0v) is 13.5. The Bertz CT molecular complexity index is 486. The molecule has 1 amide bonds. The number of likely N-dealkylation sites (tertiary alicyclic amines) is 1. The molecule has 3 aliphatic rings. The zero-order valence-electron chi connectivity index (χ0n) is 11.8. The molecule has 0 radical (unpaired) electrons. The van der Waals surface area contributed by atoms with Crippen LogP contribution in [0.1, 0.15) is 13.3 Å². The summed E-state index contributed by atoms with van der Waals surface area (Å²) in [4.78, 5) is 18.5. The Balaban J connectivity index is 1.67. The van der Waals surface area contributed by atoms with Crippen LogP contribution in [0.2, 0.25) is 0 Å². The number of carbonyl (C=O) groups is 1. The molecule has 116 valence electrons. The molecule has 1 saturated heterocycles. The lowest BCUT2D eigenvalue weighted by atomic mass is 9.97. The van der Waals surface area contributed by atoms with E-state index < -0.39 is 17.0 Å². The molecular formula is C14H19FN2O2S2. The lowest BCUT2D eigenvalue weighted by Gasteiger charge is -2.27. The molecule has 0 aliphatic carbocycles. The van der Waals surface area contributed by atoms with Gasteiger partial charge in [-0.3, -0.25) is 4.79 Å². The van der Waals surface area contributed by atoms with E-state index in [1.807, 2.05) is 5.41 Å². The number of alkyl halides is 1. The molecule has 0 N–H and O–H groups in total. The SMILES string of the molecule is C[C@@H](F)C1(S)CCN(C(=O)[C@@H]2N=CO[C@H]2C2C=CSC2)C1. The summed E-state index contributed by atoms with van der Waals surface area (Å²) in [5.74, 6) is 1.04. The predicted octanol–water partition coefficient (Wildman–Crippen LogP) is 1.92. The van der Waals surface area contributed by atoms with Crippen molar-refractivity contribution in [1.82, 2.24) is 4.90 Å². The third-order valence-corrected chi connectivity index (χ3v) is 6.12. The number of ether oxygens (including phenoxy) is 1. The fourth-order valence-electron chi connectivity index (χ4n) is 2.97. The first-order valence-corrected chi connectivity index (χ1v) is 8.61. The maximum Gasteiger partial charge on any atom is 0.251 e. The highest BCUT2D eigenvalue weighted by Crippen LogP contribution is 2.35. The van der Waals surface area contributed by atoms with Crippen LogP contribution < -0.4 is 0 Å².